The molecule has 0 aromatic heterocycles. The van der Waals surface area contributed by atoms with Crippen LogP contribution in [0.15, 0.2) is 12.1 Å². The first-order valence-electron chi connectivity index (χ1n) is 4.39. The molecular formula is C10H14N2O2. The molecule has 0 saturated heterocycles. The minimum atomic E-state index is -0.430. The Hall–Kier alpha value is -1.71. The summed E-state index contributed by atoms with van der Waals surface area (Å²) in [6.07, 6.45) is 0. The van der Waals surface area contributed by atoms with Crippen molar-refractivity contribution in [3.8, 4) is 0 Å². The average Bonchev–Trinajstić information content (AvgIpc) is 2.11. The number of benzene rings is 1. The van der Waals surface area contributed by atoms with Gasteiger partial charge in [-0.05, 0) is 31.5 Å². The molecule has 0 aliphatic carbocycles. The third kappa shape index (κ3) is 1.96. The van der Waals surface area contributed by atoms with E-state index in [2.05, 4.69) is 0 Å². The van der Waals surface area contributed by atoms with Crippen LogP contribution < -0.4 is 11.5 Å². The minimum absolute atomic E-state index is 0.286. The van der Waals surface area contributed by atoms with Gasteiger partial charge in [0, 0.05) is 0 Å². The second-order valence-corrected chi connectivity index (χ2v) is 3.04. The fraction of sp³-hybridized carbons (Fsp3) is 0.300. The van der Waals surface area contributed by atoms with Crippen LogP contribution in [0.5, 0.6) is 0 Å². The van der Waals surface area contributed by atoms with Crippen molar-refractivity contribution in [2.75, 3.05) is 18.1 Å². The lowest BCUT2D eigenvalue weighted by Gasteiger charge is -2.08. The molecule has 0 radical (unpaired) electrons. The second-order valence-electron chi connectivity index (χ2n) is 3.04. The van der Waals surface area contributed by atoms with E-state index in [1.165, 1.54) is 0 Å². The zero-order chi connectivity index (χ0) is 10.7. The summed E-state index contributed by atoms with van der Waals surface area (Å²) in [6.45, 7) is 3.91. The first-order chi connectivity index (χ1) is 6.56. The van der Waals surface area contributed by atoms with Gasteiger partial charge in [0.15, 0.2) is 0 Å². The maximum absolute atomic E-state index is 11.4. The van der Waals surface area contributed by atoms with E-state index in [1.54, 1.807) is 19.1 Å². The summed E-state index contributed by atoms with van der Waals surface area (Å²) in [6, 6.07) is 3.39. The molecule has 14 heavy (non-hydrogen) atoms. The number of ether oxygens (including phenoxy) is 1. The van der Waals surface area contributed by atoms with E-state index in [0.29, 0.717) is 17.9 Å². The van der Waals surface area contributed by atoms with Crippen LogP contribution in [0.3, 0.4) is 0 Å². The van der Waals surface area contributed by atoms with Gasteiger partial charge in [-0.25, -0.2) is 4.79 Å². The topological polar surface area (TPSA) is 78.3 Å². The molecule has 0 fully saturated rings. The third-order valence-corrected chi connectivity index (χ3v) is 1.85. The molecule has 76 valence electrons. The Morgan fingerprint density at radius 3 is 2.64 bits per heavy atom. The smallest absolute Gasteiger partial charge is 0.340 e. The van der Waals surface area contributed by atoms with E-state index in [-0.39, 0.29) is 5.69 Å². The summed E-state index contributed by atoms with van der Waals surface area (Å²) in [4.78, 5) is 11.4. The van der Waals surface area contributed by atoms with E-state index in [9.17, 15) is 4.79 Å². The van der Waals surface area contributed by atoms with Gasteiger partial charge in [-0.3, -0.25) is 0 Å². The lowest BCUT2D eigenvalue weighted by molar-refractivity contribution is 0.0527. The highest BCUT2D eigenvalue weighted by atomic mass is 16.5. The summed E-state index contributed by atoms with van der Waals surface area (Å²) in [5.41, 5.74) is 13.2. The average molecular weight is 194 g/mol. The summed E-state index contributed by atoms with van der Waals surface area (Å²) < 4.78 is 4.84. The molecule has 0 heterocycles. The van der Waals surface area contributed by atoms with Gasteiger partial charge >= 0.3 is 5.97 Å². The maximum atomic E-state index is 11.4. The molecule has 0 atom stereocenters. The number of anilines is 2. The van der Waals surface area contributed by atoms with Crippen molar-refractivity contribution in [2.45, 2.75) is 13.8 Å². The van der Waals surface area contributed by atoms with Gasteiger partial charge in [-0.1, -0.05) is 0 Å². The van der Waals surface area contributed by atoms with Crippen LogP contribution in [0.25, 0.3) is 0 Å². The van der Waals surface area contributed by atoms with Gasteiger partial charge in [0.2, 0.25) is 0 Å². The number of carbonyl (C=O) groups is 1. The fourth-order valence-corrected chi connectivity index (χ4v) is 1.20. The van der Waals surface area contributed by atoms with Crippen molar-refractivity contribution in [1.82, 2.24) is 0 Å². The van der Waals surface area contributed by atoms with E-state index in [0.717, 1.165) is 5.56 Å². The zero-order valence-electron chi connectivity index (χ0n) is 8.33. The quantitative estimate of drug-likeness (QED) is 0.550. The summed E-state index contributed by atoms with van der Waals surface area (Å²) in [5, 5.41) is 0. The van der Waals surface area contributed by atoms with Crippen molar-refractivity contribution in [3.05, 3.63) is 23.3 Å². The number of nitrogen functional groups attached to an aromatic ring is 2. The molecule has 1 aromatic rings. The predicted octanol–water partition coefficient (Wildman–Crippen LogP) is 1.34. The van der Waals surface area contributed by atoms with Crippen LogP contribution in [0.2, 0.25) is 0 Å². The standard InChI is InChI=1S/C10H14N2O2/c1-3-14-10(13)7-4-6(2)5-8(11)9(7)12/h4-5H,3,11-12H2,1-2H3. The van der Waals surface area contributed by atoms with Gasteiger partial charge in [0.25, 0.3) is 0 Å². The molecule has 1 rings (SSSR count). The van der Waals surface area contributed by atoms with Crippen molar-refractivity contribution in [2.24, 2.45) is 0 Å². The lowest BCUT2D eigenvalue weighted by atomic mass is 10.1. The fourth-order valence-electron chi connectivity index (χ4n) is 1.20. The molecule has 0 saturated carbocycles. The van der Waals surface area contributed by atoms with Crippen molar-refractivity contribution >= 4 is 17.3 Å². The number of rotatable bonds is 2. The summed E-state index contributed by atoms with van der Waals surface area (Å²) in [5.74, 6) is -0.430. The Balaban J connectivity index is 3.13. The van der Waals surface area contributed by atoms with Crippen LogP contribution >= 0.6 is 0 Å². The molecule has 4 heteroatoms. The Labute approximate surface area is 82.8 Å². The van der Waals surface area contributed by atoms with Crippen LogP contribution in [0.4, 0.5) is 11.4 Å². The zero-order valence-corrected chi connectivity index (χ0v) is 8.33. The molecule has 0 unspecified atom stereocenters. The number of carbonyl (C=O) groups excluding carboxylic acids is 1. The van der Waals surface area contributed by atoms with Crippen LogP contribution in [-0.2, 0) is 4.74 Å². The first kappa shape index (κ1) is 10.4. The normalized spacial score (nSPS) is 9.86. The first-order valence-corrected chi connectivity index (χ1v) is 4.39. The maximum Gasteiger partial charge on any atom is 0.340 e. The van der Waals surface area contributed by atoms with Crippen LogP contribution in [-0.4, -0.2) is 12.6 Å². The van der Waals surface area contributed by atoms with Crippen LogP contribution in [0.1, 0.15) is 22.8 Å². The monoisotopic (exact) mass is 194 g/mol. The highest BCUT2D eigenvalue weighted by Crippen LogP contribution is 2.22. The van der Waals surface area contributed by atoms with Crippen molar-refractivity contribution < 1.29 is 9.53 Å². The van der Waals surface area contributed by atoms with Crippen molar-refractivity contribution in [3.63, 3.8) is 0 Å². The van der Waals surface area contributed by atoms with Gasteiger partial charge < -0.3 is 16.2 Å². The molecule has 0 amide bonds. The highest BCUT2D eigenvalue weighted by molar-refractivity contribution is 5.98. The highest BCUT2D eigenvalue weighted by Gasteiger charge is 2.13. The molecular weight excluding hydrogens is 180 g/mol. The minimum Gasteiger partial charge on any atom is -0.462 e. The number of aryl methyl sites for hydroxylation is 1. The predicted molar refractivity (Wildman–Crippen MR) is 56.0 cm³/mol. The van der Waals surface area contributed by atoms with Gasteiger partial charge in [-0.15, -0.1) is 0 Å². The van der Waals surface area contributed by atoms with Gasteiger partial charge in [-0.2, -0.15) is 0 Å². The molecule has 0 spiro atoms. The number of hydrogen-bond acceptors (Lipinski definition) is 4. The van der Waals surface area contributed by atoms with E-state index >= 15 is 0 Å². The SMILES string of the molecule is CCOC(=O)c1cc(C)cc(N)c1N. The van der Waals surface area contributed by atoms with Gasteiger partial charge in [0.05, 0.1) is 23.5 Å². The Kier molecular flexibility index (Phi) is 2.96. The number of nitrogens with two attached hydrogens (primary N) is 2. The molecule has 0 aliphatic rings. The number of hydrogen-bond donors (Lipinski definition) is 2. The third-order valence-electron chi connectivity index (χ3n) is 1.85. The summed E-state index contributed by atoms with van der Waals surface area (Å²) >= 11 is 0. The van der Waals surface area contributed by atoms with Crippen LogP contribution in [0, 0.1) is 6.92 Å². The van der Waals surface area contributed by atoms with E-state index in [4.69, 9.17) is 16.2 Å². The second kappa shape index (κ2) is 4.00. The Morgan fingerprint density at radius 1 is 1.43 bits per heavy atom. The molecule has 4 nitrogen and oxygen atoms in total. The molecule has 0 bridgehead atoms. The largest absolute Gasteiger partial charge is 0.462 e. The lowest BCUT2D eigenvalue weighted by Crippen LogP contribution is -2.10. The Morgan fingerprint density at radius 2 is 2.07 bits per heavy atom. The summed E-state index contributed by atoms with van der Waals surface area (Å²) in [7, 11) is 0. The molecule has 0 aliphatic heterocycles. The molecule has 1 aromatic carbocycles. The molecule has 4 N–H and O–H groups in total. The van der Waals surface area contributed by atoms with E-state index in [1.807, 2.05) is 6.92 Å². The number of esters is 1. The van der Waals surface area contributed by atoms with Crippen molar-refractivity contribution in [1.29, 1.82) is 0 Å². The van der Waals surface area contributed by atoms with E-state index < -0.39 is 5.97 Å². The van der Waals surface area contributed by atoms with Gasteiger partial charge in [0.1, 0.15) is 0 Å². The Bertz CT molecular complexity index is 361.